The molecule has 15 heavy (non-hydrogen) atoms. The van der Waals surface area contributed by atoms with Gasteiger partial charge in [-0.3, -0.25) is 4.79 Å². The van der Waals surface area contributed by atoms with Gasteiger partial charge in [0.2, 0.25) is 5.91 Å². The minimum atomic E-state index is -0.112. The third kappa shape index (κ3) is 3.34. The Bertz CT molecular complexity index is 363. The van der Waals surface area contributed by atoms with E-state index in [-0.39, 0.29) is 10.7 Å². The van der Waals surface area contributed by atoms with Gasteiger partial charge in [-0.25, -0.2) is 0 Å². The van der Waals surface area contributed by atoms with Crippen LogP contribution in [0, 0.1) is 13.8 Å². The summed E-state index contributed by atoms with van der Waals surface area (Å²) in [6, 6.07) is 5.93. The lowest BCUT2D eigenvalue weighted by Crippen LogP contribution is -2.21. The first kappa shape index (κ1) is 12.2. The number of carbonyl (C=O) groups is 1. The summed E-state index contributed by atoms with van der Waals surface area (Å²) in [5, 5.41) is 2.87. The van der Waals surface area contributed by atoms with Gasteiger partial charge in [-0.2, -0.15) is 0 Å². The molecule has 2 nitrogen and oxygen atoms in total. The Kier molecular flexibility index (Phi) is 4.33. The van der Waals surface area contributed by atoms with Crippen LogP contribution in [0.4, 0.5) is 5.69 Å². The first-order valence-corrected chi connectivity index (χ1v) is 5.98. The van der Waals surface area contributed by atoms with E-state index in [1.807, 2.05) is 32.0 Å². The predicted octanol–water partition coefficient (Wildman–Crippen LogP) is 3.42. The lowest BCUT2D eigenvalue weighted by molar-refractivity contribution is -0.115. The fraction of sp³-hybridized carbons (Fsp3) is 0.417. The summed E-state index contributed by atoms with van der Waals surface area (Å²) in [5.41, 5.74) is 3.29. The molecule has 0 aromatic heterocycles. The molecule has 82 valence electrons. The lowest BCUT2D eigenvalue weighted by Gasteiger charge is -2.10. The summed E-state index contributed by atoms with van der Waals surface area (Å²) in [7, 11) is 0. The second-order valence-corrected chi connectivity index (χ2v) is 4.77. The van der Waals surface area contributed by atoms with Crippen LogP contribution in [0.5, 0.6) is 0 Å². The molecule has 0 heterocycles. The fourth-order valence-electron chi connectivity index (χ4n) is 1.23. The van der Waals surface area contributed by atoms with Gasteiger partial charge in [-0.15, -0.1) is 0 Å². The summed E-state index contributed by atoms with van der Waals surface area (Å²) < 4.78 is 0. The number of nitrogens with one attached hydrogen (secondary N) is 1. The van der Waals surface area contributed by atoms with Crippen LogP contribution >= 0.6 is 15.9 Å². The van der Waals surface area contributed by atoms with Crippen LogP contribution in [0.15, 0.2) is 18.2 Å². The highest BCUT2D eigenvalue weighted by atomic mass is 79.9. The fourth-order valence-corrected chi connectivity index (χ4v) is 1.34. The number of hydrogen-bond acceptors (Lipinski definition) is 1. The van der Waals surface area contributed by atoms with E-state index in [2.05, 4.69) is 28.2 Å². The molecule has 1 rings (SSSR count). The Morgan fingerprint density at radius 3 is 2.60 bits per heavy atom. The Labute approximate surface area is 99.2 Å². The summed E-state index contributed by atoms with van der Waals surface area (Å²) >= 11 is 3.32. The maximum atomic E-state index is 11.6. The Hall–Kier alpha value is -0.830. The molecule has 0 fully saturated rings. The van der Waals surface area contributed by atoms with Crippen molar-refractivity contribution in [1.82, 2.24) is 0 Å². The molecule has 1 aromatic carbocycles. The molecule has 0 radical (unpaired) electrons. The zero-order valence-corrected chi connectivity index (χ0v) is 10.9. The highest BCUT2D eigenvalue weighted by Gasteiger charge is 2.12. The average molecular weight is 270 g/mol. The zero-order chi connectivity index (χ0) is 11.4. The second-order valence-electron chi connectivity index (χ2n) is 3.66. The van der Waals surface area contributed by atoms with E-state index in [1.165, 1.54) is 11.1 Å². The Morgan fingerprint density at radius 1 is 1.40 bits per heavy atom. The SMILES string of the molecule is CC[C@H](Br)C(=O)Nc1ccc(C)c(C)c1. The van der Waals surface area contributed by atoms with Crippen LogP contribution in [-0.4, -0.2) is 10.7 Å². The third-order valence-electron chi connectivity index (χ3n) is 2.42. The van der Waals surface area contributed by atoms with Crippen molar-refractivity contribution in [1.29, 1.82) is 0 Å². The number of halogens is 1. The predicted molar refractivity (Wildman–Crippen MR) is 67.6 cm³/mol. The van der Waals surface area contributed by atoms with Crippen molar-refractivity contribution in [2.45, 2.75) is 32.0 Å². The topological polar surface area (TPSA) is 29.1 Å². The van der Waals surface area contributed by atoms with E-state index < -0.39 is 0 Å². The number of rotatable bonds is 3. The van der Waals surface area contributed by atoms with Gasteiger partial charge >= 0.3 is 0 Å². The van der Waals surface area contributed by atoms with Gasteiger partial charge in [0.25, 0.3) is 0 Å². The van der Waals surface area contributed by atoms with Crippen LogP contribution in [0.25, 0.3) is 0 Å². The number of amides is 1. The summed E-state index contributed by atoms with van der Waals surface area (Å²) in [5.74, 6) is 0.0146. The van der Waals surface area contributed by atoms with Crippen molar-refractivity contribution in [3.05, 3.63) is 29.3 Å². The van der Waals surface area contributed by atoms with Crippen LogP contribution in [-0.2, 0) is 4.79 Å². The van der Waals surface area contributed by atoms with Crippen molar-refractivity contribution in [3.8, 4) is 0 Å². The van der Waals surface area contributed by atoms with E-state index in [0.29, 0.717) is 0 Å². The number of alkyl halides is 1. The van der Waals surface area contributed by atoms with Crippen molar-refractivity contribution < 1.29 is 4.79 Å². The number of aryl methyl sites for hydroxylation is 2. The number of anilines is 1. The molecule has 0 aliphatic rings. The highest BCUT2D eigenvalue weighted by Crippen LogP contribution is 2.15. The van der Waals surface area contributed by atoms with Crippen LogP contribution in [0.1, 0.15) is 24.5 Å². The normalized spacial score (nSPS) is 12.3. The quantitative estimate of drug-likeness (QED) is 0.838. The standard InChI is InChI=1S/C12H16BrNO/c1-4-11(13)12(15)14-10-6-5-8(2)9(3)7-10/h5-7,11H,4H2,1-3H3,(H,14,15)/t11-/m0/s1. The van der Waals surface area contributed by atoms with Crippen molar-refractivity contribution in [3.63, 3.8) is 0 Å². The van der Waals surface area contributed by atoms with Gasteiger partial charge < -0.3 is 5.32 Å². The van der Waals surface area contributed by atoms with E-state index >= 15 is 0 Å². The van der Waals surface area contributed by atoms with Crippen LogP contribution < -0.4 is 5.32 Å². The first-order chi connectivity index (χ1) is 7.04. The van der Waals surface area contributed by atoms with E-state index in [1.54, 1.807) is 0 Å². The molecular formula is C12H16BrNO. The second kappa shape index (κ2) is 5.31. The van der Waals surface area contributed by atoms with Gasteiger partial charge in [-0.05, 0) is 43.5 Å². The zero-order valence-electron chi connectivity index (χ0n) is 9.30. The van der Waals surface area contributed by atoms with Gasteiger partial charge in [-0.1, -0.05) is 28.9 Å². The molecular weight excluding hydrogens is 254 g/mol. The van der Waals surface area contributed by atoms with E-state index in [9.17, 15) is 4.79 Å². The Morgan fingerprint density at radius 2 is 2.07 bits per heavy atom. The van der Waals surface area contributed by atoms with E-state index in [4.69, 9.17) is 0 Å². The van der Waals surface area contributed by atoms with E-state index in [0.717, 1.165) is 12.1 Å². The molecule has 0 saturated heterocycles. The molecule has 1 aromatic rings. The third-order valence-corrected chi connectivity index (χ3v) is 3.48. The molecule has 0 bridgehead atoms. The Balaban J connectivity index is 2.73. The van der Waals surface area contributed by atoms with Crippen molar-refractivity contribution in [2.24, 2.45) is 0 Å². The van der Waals surface area contributed by atoms with Crippen LogP contribution in [0.3, 0.4) is 0 Å². The molecule has 0 spiro atoms. The minimum absolute atomic E-state index is 0.0146. The average Bonchev–Trinajstić information content (AvgIpc) is 2.22. The molecule has 0 saturated carbocycles. The number of carbonyl (C=O) groups excluding carboxylic acids is 1. The smallest absolute Gasteiger partial charge is 0.238 e. The molecule has 1 atom stereocenters. The van der Waals surface area contributed by atoms with Gasteiger partial charge in [0.1, 0.15) is 0 Å². The minimum Gasteiger partial charge on any atom is -0.325 e. The monoisotopic (exact) mass is 269 g/mol. The molecule has 0 aliphatic carbocycles. The summed E-state index contributed by atoms with van der Waals surface area (Å²) in [6.45, 7) is 6.07. The van der Waals surface area contributed by atoms with Gasteiger partial charge in [0, 0.05) is 5.69 Å². The maximum Gasteiger partial charge on any atom is 0.238 e. The molecule has 1 N–H and O–H groups in total. The molecule has 0 unspecified atom stereocenters. The first-order valence-electron chi connectivity index (χ1n) is 5.06. The summed E-state index contributed by atoms with van der Waals surface area (Å²) in [4.78, 5) is 11.5. The highest BCUT2D eigenvalue weighted by molar-refractivity contribution is 9.10. The van der Waals surface area contributed by atoms with Crippen molar-refractivity contribution >= 4 is 27.5 Å². The number of benzene rings is 1. The molecule has 1 amide bonds. The molecule has 0 aliphatic heterocycles. The summed E-state index contributed by atoms with van der Waals surface area (Å²) in [6.07, 6.45) is 0.788. The molecule has 3 heteroatoms. The number of hydrogen-bond donors (Lipinski definition) is 1. The van der Waals surface area contributed by atoms with Gasteiger partial charge in [0.05, 0.1) is 4.83 Å². The largest absolute Gasteiger partial charge is 0.325 e. The van der Waals surface area contributed by atoms with Gasteiger partial charge in [0.15, 0.2) is 0 Å². The lowest BCUT2D eigenvalue weighted by atomic mass is 10.1. The van der Waals surface area contributed by atoms with Crippen LogP contribution in [0.2, 0.25) is 0 Å². The maximum absolute atomic E-state index is 11.6. The van der Waals surface area contributed by atoms with Crippen molar-refractivity contribution in [2.75, 3.05) is 5.32 Å².